The van der Waals surface area contributed by atoms with E-state index in [1.54, 1.807) is 13.2 Å². The number of rotatable bonds is 6. The Morgan fingerprint density at radius 3 is 2.89 bits per heavy atom. The highest BCUT2D eigenvalue weighted by Gasteiger charge is 2.11. The fraction of sp³-hybridized carbons (Fsp3) is 0.308. The van der Waals surface area contributed by atoms with E-state index in [0.29, 0.717) is 25.4 Å². The quantitative estimate of drug-likeness (QED) is 0.817. The van der Waals surface area contributed by atoms with Gasteiger partial charge in [-0.15, -0.1) is 0 Å². The van der Waals surface area contributed by atoms with Gasteiger partial charge in [0.05, 0.1) is 17.9 Å². The molecule has 4 nitrogen and oxygen atoms in total. The number of hydrogen-bond donors (Lipinski definition) is 1. The zero-order valence-electron chi connectivity index (χ0n) is 10.5. The Kier molecular flexibility index (Phi) is 4.59. The van der Waals surface area contributed by atoms with Crippen LogP contribution in [0, 0.1) is 11.6 Å². The number of hydrogen-bond acceptors (Lipinski definition) is 4. The molecule has 6 heteroatoms. The van der Waals surface area contributed by atoms with Crippen molar-refractivity contribution in [3.63, 3.8) is 0 Å². The van der Waals surface area contributed by atoms with Crippen LogP contribution in [0.5, 0.6) is 0 Å². The van der Waals surface area contributed by atoms with Crippen molar-refractivity contribution < 1.29 is 18.0 Å². The summed E-state index contributed by atoms with van der Waals surface area (Å²) < 4.78 is 36.3. The van der Waals surface area contributed by atoms with Gasteiger partial charge in [-0.1, -0.05) is 5.16 Å². The first-order valence-corrected chi connectivity index (χ1v) is 5.81. The van der Waals surface area contributed by atoms with E-state index in [0.717, 1.165) is 6.07 Å². The number of ether oxygens (including phenoxy) is 1. The molecule has 0 radical (unpaired) electrons. The highest BCUT2D eigenvalue weighted by molar-refractivity contribution is 5.58. The maximum atomic E-state index is 13.5. The Hall–Kier alpha value is -1.79. The summed E-state index contributed by atoms with van der Waals surface area (Å²) in [5.74, 6) is -1.02. The van der Waals surface area contributed by atoms with Crippen LogP contribution in [0.15, 0.2) is 28.8 Å². The molecule has 0 amide bonds. The minimum Gasteiger partial charge on any atom is -0.383 e. The Balaban J connectivity index is 2.04. The molecular formula is C13H14F2N2O2. The molecule has 2 aromatic rings. The van der Waals surface area contributed by atoms with Gasteiger partial charge in [-0.05, 0) is 12.1 Å². The van der Waals surface area contributed by atoms with Crippen LogP contribution in [0.4, 0.5) is 8.78 Å². The molecule has 0 aliphatic carbocycles. The fourth-order valence-corrected chi connectivity index (χ4v) is 1.60. The minimum atomic E-state index is -0.671. The SMILES string of the molecule is COCCNCc1cc(-c2ccc(F)cc2F)on1. The summed E-state index contributed by atoms with van der Waals surface area (Å²) in [4.78, 5) is 0. The van der Waals surface area contributed by atoms with Crippen LogP contribution in [-0.2, 0) is 11.3 Å². The van der Waals surface area contributed by atoms with Gasteiger partial charge in [0.15, 0.2) is 5.76 Å². The Labute approximate surface area is 109 Å². The summed E-state index contributed by atoms with van der Waals surface area (Å²) >= 11 is 0. The smallest absolute Gasteiger partial charge is 0.170 e. The van der Waals surface area contributed by atoms with Crippen LogP contribution in [0.1, 0.15) is 5.69 Å². The van der Waals surface area contributed by atoms with Crippen molar-refractivity contribution in [1.82, 2.24) is 10.5 Å². The number of halogens is 2. The zero-order chi connectivity index (χ0) is 13.7. The van der Waals surface area contributed by atoms with Crippen molar-refractivity contribution in [2.45, 2.75) is 6.54 Å². The van der Waals surface area contributed by atoms with Crippen molar-refractivity contribution in [3.8, 4) is 11.3 Å². The molecule has 1 N–H and O–H groups in total. The zero-order valence-corrected chi connectivity index (χ0v) is 10.5. The summed E-state index contributed by atoms with van der Waals surface area (Å²) in [6.07, 6.45) is 0. The standard InChI is InChI=1S/C13H14F2N2O2/c1-18-5-4-16-8-10-7-13(19-17-10)11-3-2-9(14)6-12(11)15/h2-3,6-7,16H,4-5,8H2,1H3. The van der Waals surface area contributed by atoms with Gasteiger partial charge < -0.3 is 14.6 Å². The Morgan fingerprint density at radius 1 is 1.32 bits per heavy atom. The average Bonchev–Trinajstić information content (AvgIpc) is 2.83. The number of benzene rings is 1. The van der Waals surface area contributed by atoms with Crippen molar-refractivity contribution >= 4 is 0 Å². The largest absolute Gasteiger partial charge is 0.383 e. The van der Waals surface area contributed by atoms with Crippen molar-refractivity contribution in [2.75, 3.05) is 20.3 Å². The van der Waals surface area contributed by atoms with Crippen LogP contribution in [0.25, 0.3) is 11.3 Å². The van der Waals surface area contributed by atoms with Crippen LogP contribution in [0.2, 0.25) is 0 Å². The lowest BCUT2D eigenvalue weighted by atomic mass is 10.1. The van der Waals surface area contributed by atoms with E-state index in [4.69, 9.17) is 9.26 Å². The molecule has 0 spiro atoms. The van der Waals surface area contributed by atoms with E-state index in [2.05, 4.69) is 10.5 Å². The maximum absolute atomic E-state index is 13.5. The molecule has 0 fully saturated rings. The van der Waals surface area contributed by atoms with Gasteiger partial charge in [0, 0.05) is 32.3 Å². The highest BCUT2D eigenvalue weighted by atomic mass is 19.1. The van der Waals surface area contributed by atoms with Crippen molar-refractivity contribution in [1.29, 1.82) is 0 Å². The molecule has 0 saturated heterocycles. The number of nitrogens with one attached hydrogen (secondary N) is 1. The third kappa shape index (κ3) is 3.59. The molecule has 0 unspecified atom stereocenters. The summed E-state index contributed by atoms with van der Waals surface area (Å²) in [6.45, 7) is 1.77. The molecule has 0 atom stereocenters. The second-order valence-electron chi connectivity index (χ2n) is 3.98. The van der Waals surface area contributed by atoms with E-state index < -0.39 is 11.6 Å². The first-order chi connectivity index (χ1) is 9.20. The van der Waals surface area contributed by atoms with Gasteiger partial charge in [0.1, 0.15) is 11.6 Å². The van der Waals surface area contributed by atoms with E-state index in [1.807, 2.05) is 0 Å². The monoisotopic (exact) mass is 268 g/mol. The van der Waals surface area contributed by atoms with Gasteiger partial charge >= 0.3 is 0 Å². The second kappa shape index (κ2) is 6.40. The van der Waals surface area contributed by atoms with Gasteiger partial charge in [0.2, 0.25) is 0 Å². The van der Waals surface area contributed by atoms with E-state index in [-0.39, 0.29) is 11.3 Å². The van der Waals surface area contributed by atoms with Crippen LogP contribution in [0.3, 0.4) is 0 Å². The van der Waals surface area contributed by atoms with Crippen molar-refractivity contribution in [2.24, 2.45) is 0 Å². The van der Waals surface area contributed by atoms with Gasteiger partial charge in [-0.2, -0.15) is 0 Å². The lowest BCUT2D eigenvalue weighted by molar-refractivity contribution is 0.199. The molecule has 1 aromatic carbocycles. The maximum Gasteiger partial charge on any atom is 0.170 e. The predicted molar refractivity (Wildman–Crippen MR) is 65.4 cm³/mol. The van der Waals surface area contributed by atoms with Crippen LogP contribution >= 0.6 is 0 Å². The lowest BCUT2D eigenvalue weighted by Gasteiger charge is -1.99. The van der Waals surface area contributed by atoms with Crippen LogP contribution < -0.4 is 5.32 Å². The molecule has 0 saturated carbocycles. The summed E-state index contributed by atoms with van der Waals surface area (Å²) in [5.41, 5.74) is 0.840. The highest BCUT2D eigenvalue weighted by Crippen LogP contribution is 2.24. The van der Waals surface area contributed by atoms with Crippen molar-refractivity contribution in [3.05, 3.63) is 41.6 Å². The first kappa shape index (κ1) is 13.6. The lowest BCUT2D eigenvalue weighted by Crippen LogP contribution is -2.18. The second-order valence-corrected chi connectivity index (χ2v) is 3.98. The molecule has 0 aliphatic rings. The summed E-state index contributed by atoms with van der Waals surface area (Å²) in [7, 11) is 1.62. The number of nitrogens with zero attached hydrogens (tertiary/aromatic N) is 1. The average molecular weight is 268 g/mol. The molecular weight excluding hydrogens is 254 g/mol. The first-order valence-electron chi connectivity index (χ1n) is 5.81. The molecule has 1 aromatic heterocycles. The van der Waals surface area contributed by atoms with Gasteiger partial charge in [-0.3, -0.25) is 0 Å². The third-order valence-electron chi connectivity index (χ3n) is 2.54. The molecule has 102 valence electrons. The van der Waals surface area contributed by atoms with Gasteiger partial charge in [0.25, 0.3) is 0 Å². The van der Waals surface area contributed by atoms with E-state index in [1.165, 1.54) is 12.1 Å². The Morgan fingerprint density at radius 2 is 2.16 bits per heavy atom. The van der Waals surface area contributed by atoms with Gasteiger partial charge in [-0.25, -0.2) is 8.78 Å². The molecule has 0 aliphatic heterocycles. The van der Waals surface area contributed by atoms with E-state index in [9.17, 15) is 8.78 Å². The van der Waals surface area contributed by atoms with Crippen LogP contribution in [-0.4, -0.2) is 25.4 Å². The summed E-state index contributed by atoms with van der Waals surface area (Å²) in [6, 6.07) is 4.94. The molecule has 0 bridgehead atoms. The molecule has 2 rings (SSSR count). The normalized spacial score (nSPS) is 10.9. The minimum absolute atomic E-state index is 0.192. The number of aromatic nitrogens is 1. The van der Waals surface area contributed by atoms with E-state index >= 15 is 0 Å². The topological polar surface area (TPSA) is 47.3 Å². The molecule has 1 heterocycles. The summed E-state index contributed by atoms with van der Waals surface area (Å²) in [5, 5.41) is 6.90. The Bertz CT molecular complexity index is 543. The number of methoxy groups -OCH3 is 1. The molecule has 19 heavy (non-hydrogen) atoms. The predicted octanol–water partition coefficient (Wildman–Crippen LogP) is 2.36. The third-order valence-corrected chi connectivity index (χ3v) is 2.54. The fourth-order valence-electron chi connectivity index (χ4n) is 1.60.